The molecule has 1 aromatic rings. The number of carbonyl (C=O) groups excluding carboxylic acids is 2. The molecule has 2 N–H and O–H groups in total. The highest BCUT2D eigenvalue weighted by Gasteiger charge is 2.10. The average Bonchev–Trinajstić information content (AvgIpc) is 2.76. The molecule has 1 heterocycles. The lowest BCUT2D eigenvalue weighted by atomic mass is 10.4. The Morgan fingerprint density at radius 3 is 2.81 bits per heavy atom. The second-order valence-corrected chi connectivity index (χ2v) is 3.03. The van der Waals surface area contributed by atoms with Crippen LogP contribution in [-0.4, -0.2) is 32.6 Å². The molecule has 0 bridgehead atoms. The number of furan rings is 1. The molecule has 1 aromatic heterocycles. The van der Waals surface area contributed by atoms with Crippen molar-refractivity contribution in [1.29, 1.82) is 0 Å². The predicted molar refractivity (Wildman–Crippen MR) is 55.8 cm³/mol. The molecular weight excluding hydrogens is 212 g/mol. The van der Waals surface area contributed by atoms with Gasteiger partial charge in [-0.25, -0.2) is 4.79 Å². The van der Waals surface area contributed by atoms with E-state index in [-0.39, 0.29) is 18.2 Å². The molecule has 0 aliphatic rings. The van der Waals surface area contributed by atoms with Crippen LogP contribution in [0.4, 0.5) is 0 Å². The zero-order valence-corrected chi connectivity index (χ0v) is 9.20. The molecule has 0 aromatic carbocycles. The third-order valence-electron chi connectivity index (χ3n) is 1.91. The summed E-state index contributed by atoms with van der Waals surface area (Å²) in [5.41, 5.74) is 0. The van der Waals surface area contributed by atoms with Crippen LogP contribution in [0.2, 0.25) is 0 Å². The minimum atomic E-state index is -0.516. The Morgan fingerprint density at radius 2 is 2.19 bits per heavy atom. The number of rotatable bonds is 5. The highest BCUT2D eigenvalue weighted by molar-refractivity contribution is 5.86. The summed E-state index contributed by atoms with van der Waals surface area (Å²) in [6.45, 7) is 0.579. The molecule has 0 fully saturated rings. The molecule has 1 amide bonds. The van der Waals surface area contributed by atoms with Gasteiger partial charge in [-0.1, -0.05) is 0 Å². The van der Waals surface area contributed by atoms with Gasteiger partial charge in [-0.2, -0.15) is 0 Å². The maximum absolute atomic E-state index is 11.1. The van der Waals surface area contributed by atoms with Crippen molar-refractivity contribution >= 4 is 11.9 Å². The van der Waals surface area contributed by atoms with E-state index in [1.54, 1.807) is 13.1 Å². The molecule has 0 saturated carbocycles. The van der Waals surface area contributed by atoms with Crippen molar-refractivity contribution in [3.63, 3.8) is 0 Å². The third-order valence-corrected chi connectivity index (χ3v) is 1.91. The molecular formula is C10H14N2O4. The summed E-state index contributed by atoms with van der Waals surface area (Å²) in [5.74, 6) is 0.0980. The number of hydrogen-bond donors (Lipinski definition) is 2. The summed E-state index contributed by atoms with van der Waals surface area (Å²) in [4.78, 5) is 21.9. The zero-order chi connectivity index (χ0) is 12.0. The minimum absolute atomic E-state index is 0.111. The molecule has 0 saturated heterocycles. The van der Waals surface area contributed by atoms with Crippen LogP contribution in [-0.2, 0) is 16.1 Å². The van der Waals surface area contributed by atoms with Gasteiger partial charge in [0.15, 0.2) is 0 Å². The average molecular weight is 226 g/mol. The smallest absolute Gasteiger partial charge is 0.373 e. The lowest BCUT2D eigenvalue weighted by Crippen LogP contribution is -2.30. The SMILES string of the molecule is CNC(=O)CNCc1ccc(C(=O)OC)o1. The number of carbonyl (C=O) groups is 2. The Balaban J connectivity index is 2.41. The Morgan fingerprint density at radius 1 is 1.44 bits per heavy atom. The first-order valence-corrected chi connectivity index (χ1v) is 4.75. The second-order valence-electron chi connectivity index (χ2n) is 3.03. The third kappa shape index (κ3) is 3.39. The summed E-state index contributed by atoms with van der Waals surface area (Å²) >= 11 is 0. The van der Waals surface area contributed by atoms with Crippen LogP contribution in [0.5, 0.6) is 0 Å². The van der Waals surface area contributed by atoms with E-state index in [9.17, 15) is 9.59 Å². The van der Waals surface area contributed by atoms with E-state index >= 15 is 0 Å². The number of esters is 1. The first kappa shape index (κ1) is 12.3. The van der Waals surface area contributed by atoms with Crippen LogP contribution < -0.4 is 10.6 Å². The van der Waals surface area contributed by atoms with E-state index in [0.717, 1.165) is 0 Å². The number of amides is 1. The normalized spacial score (nSPS) is 9.88. The maximum atomic E-state index is 11.1. The lowest BCUT2D eigenvalue weighted by molar-refractivity contribution is -0.119. The molecule has 0 spiro atoms. The van der Waals surface area contributed by atoms with Gasteiger partial charge >= 0.3 is 5.97 Å². The predicted octanol–water partition coefficient (Wildman–Crippen LogP) is -0.0982. The van der Waals surface area contributed by atoms with Crippen molar-refractivity contribution in [2.75, 3.05) is 20.7 Å². The van der Waals surface area contributed by atoms with Gasteiger partial charge in [0.25, 0.3) is 0 Å². The monoisotopic (exact) mass is 226 g/mol. The molecule has 6 nitrogen and oxygen atoms in total. The summed E-state index contributed by atoms with van der Waals surface area (Å²) in [6, 6.07) is 3.19. The molecule has 1 rings (SSSR count). The van der Waals surface area contributed by atoms with Gasteiger partial charge in [-0.05, 0) is 12.1 Å². The highest BCUT2D eigenvalue weighted by Crippen LogP contribution is 2.08. The van der Waals surface area contributed by atoms with Gasteiger partial charge < -0.3 is 19.8 Å². The van der Waals surface area contributed by atoms with Gasteiger partial charge in [0.05, 0.1) is 20.2 Å². The van der Waals surface area contributed by atoms with Crippen LogP contribution in [0.3, 0.4) is 0 Å². The first-order chi connectivity index (χ1) is 7.67. The maximum Gasteiger partial charge on any atom is 0.373 e. The number of methoxy groups -OCH3 is 1. The van der Waals surface area contributed by atoms with Gasteiger partial charge in [-0.3, -0.25) is 4.79 Å². The molecule has 6 heteroatoms. The van der Waals surface area contributed by atoms with E-state index in [4.69, 9.17) is 4.42 Å². The molecule has 0 atom stereocenters. The van der Waals surface area contributed by atoms with Gasteiger partial charge in [-0.15, -0.1) is 0 Å². The Labute approximate surface area is 93.0 Å². The van der Waals surface area contributed by atoms with E-state index < -0.39 is 5.97 Å². The largest absolute Gasteiger partial charge is 0.463 e. The van der Waals surface area contributed by atoms with Crippen molar-refractivity contribution in [2.45, 2.75) is 6.54 Å². The van der Waals surface area contributed by atoms with Gasteiger partial charge in [0, 0.05) is 7.05 Å². The number of nitrogens with one attached hydrogen (secondary N) is 2. The fourth-order valence-electron chi connectivity index (χ4n) is 1.07. The topological polar surface area (TPSA) is 80.6 Å². The van der Waals surface area contributed by atoms with Gasteiger partial charge in [0.1, 0.15) is 5.76 Å². The lowest BCUT2D eigenvalue weighted by Gasteiger charge is -2.00. The molecule has 16 heavy (non-hydrogen) atoms. The summed E-state index contributed by atoms with van der Waals surface area (Å²) in [5, 5.41) is 5.34. The number of hydrogen-bond acceptors (Lipinski definition) is 5. The molecule has 88 valence electrons. The van der Waals surface area contributed by atoms with E-state index in [2.05, 4.69) is 15.4 Å². The number of ether oxygens (including phenoxy) is 1. The Kier molecular flexibility index (Phi) is 4.53. The van der Waals surface area contributed by atoms with E-state index in [1.165, 1.54) is 13.2 Å². The quantitative estimate of drug-likeness (QED) is 0.685. The minimum Gasteiger partial charge on any atom is -0.463 e. The highest BCUT2D eigenvalue weighted by atomic mass is 16.5. The summed E-state index contributed by atoms with van der Waals surface area (Å²) in [7, 11) is 2.85. The van der Waals surface area contributed by atoms with Gasteiger partial charge in [0.2, 0.25) is 11.7 Å². The molecule has 0 unspecified atom stereocenters. The Bertz CT molecular complexity index is 373. The molecule has 0 radical (unpaired) electrons. The summed E-state index contributed by atoms with van der Waals surface area (Å²) in [6.07, 6.45) is 0. The van der Waals surface area contributed by atoms with Crippen LogP contribution in [0.1, 0.15) is 16.3 Å². The van der Waals surface area contributed by atoms with Crippen LogP contribution in [0, 0.1) is 0 Å². The Hall–Kier alpha value is -1.82. The zero-order valence-electron chi connectivity index (χ0n) is 9.20. The standard InChI is InChI=1S/C10H14N2O4/c1-11-9(13)6-12-5-7-3-4-8(16-7)10(14)15-2/h3-4,12H,5-6H2,1-2H3,(H,11,13). The molecule has 0 aliphatic carbocycles. The van der Waals surface area contributed by atoms with E-state index in [0.29, 0.717) is 12.3 Å². The van der Waals surface area contributed by atoms with Crippen molar-refractivity contribution in [2.24, 2.45) is 0 Å². The number of likely N-dealkylation sites (N-methyl/N-ethyl adjacent to an activating group) is 1. The fourth-order valence-corrected chi connectivity index (χ4v) is 1.07. The van der Waals surface area contributed by atoms with Crippen LogP contribution in [0.25, 0.3) is 0 Å². The van der Waals surface area contributed by atoms with Crippen molar-refractivity contribution in [1.82, 2.24) is 10.6 Å². The van der Waals surface area contributed by atoms with Crippen LogP contribution >= 0.6 is 0 Å². The van der Waals surface area contributed by atoms with Crippen molar-refractivity contribution < 1.29 is 18.7 Å². The fraction of sp³-hybridized carbons (Fsp3) is 0.400. The second kappa shape index (κ2) is 5.92. The van der Waals surface area contributed by atoms with E-state index in [1.807, 2.05) is 0 Å². The van der Waals surface area contributed by atoms with Crippen molar-refractivity contribution in [3.8, 4) is 0 Å². The van der Waals surface area contributed by atoms with Crippen LogP contribution in [0.15, 0.2) is 16.5 Å². The summed E-state index contributed by atoms with van der Waals surface area (Å²) < 4.78 is 9.68. The van der Waals surface area contributed by atoms with Crippen molar-refractivity contribution in [3.05, 3.63) is 23.7 Å². The molecule has 0 aliphatic heterocycles. The first-order valence-electron chi connectivity index (χ1n) is 4.75.